The van der Waals surface area contributed by atoms with Gasteiger partial charge in [-0.05, 0) is 45.7 Å². The van der Waals surface area contributed by atoms with E-state index in [9.17, 15) is 8.42 Å². The van der Waals surface area contributed by atoms with Crippen LogP contribution in [0.15, 0.2) is 4.99 Å². The van der Waals surface area contributed by atoms with Crippen LogP contribution in [0, 0.1) is 5.92 Å². The van der Waals surface area contributed by atoms with E-state index in [1.165, 1.54) is 25.9 Å². The molecule has 6 nitrogen and oxygen atoms in total. The van der Waals surface area contributed by atoms with Crippen LogP contribution >= 0.6 is 0 Å². The molecular weight excluding hydrogens is 312 g/mol. The number of piperidine rings is 1. The first kappa shape index (κ1) is 18.5. The van der Waals surface area contributed by atoms with Crippen LogP contribution in [0.3, 0.4) is 0 Å². The summed E-state index contributed by atoms with van der Waals surface area (Å²) in [5.41, 5.74) is 0. The first-order chi connectivity index (χ1) is 10.7. The Hall–Kier alpha value is -0.820. The molecule has 2 saturated heterocycles. The third-order valence-corrected chi connectivity index (χ3v) is 7.68. The van der Waals surface area contributed by atoms with E-state index in [0.29, 0.717) is 13.1 Å². The lowest BCUT2D eigenvalue weighted by atomic mass is 9.99. The molecule has 2 rings (SSSR count). The lowest BCUT2D eigenvalue weighted by Crippen LogP contribution is -2.57. The minimum absolute atomic E-state index is 0.199. The van der Waals surface area contributed by atoms with E-state index < -0.39 is 14.6 Å². The molecule has 2 aliphatic heterocycles. The molecule has 23 heavy (non-hydrogen) atoms. The summed E-state index contributed by atoms with van der Waals surface area (Å²) in [6, 6.07) is 0. The number of hydrogen-bond donors (Lipinski definition) is 1. The maximum Gasteiger partial charge on any atom is 0.193 e. The van der Waals surface area contributed by atoms with Crippen LogP contribution in [-0.4, -0.2) is 81.0 Å². The summed E-state index contributed by atoms with van der Waals surface area (Å²) < 4.78 is 23.5. The standard InChI is InChI=1S/C16H32N4O2S/c1-14-5-8-19(9-6-14)10-7-18-15(17-4)20-11-12-23(21,22)16(2,3)13-20/h14H,5-13H2,1-4H3,(H,17,18). The number of rotatable bonds is 3. The minimum Gasteiger partial charge on any atom is -0.355 e. The number of nitrogens with one attached hydrogen (secondary N) is 1. The van der Waals surface area contributed by atoms with Crippen LogP contribution in [0.4, 0.5) is 0 Å². The summed E-state index contributed by atoms with van der Waals surface area (Å²) in [5.74, 6) is 1.87. The Labute approximate surface area is 141 Å². The van der Waals surface area contributed by atoms with E-state index in [1.54, 1.807) is 20.9 Å². The molecule has 0 saturated carbocycles. The van der Waals surface area contributed by atoms with Gasteiger partial charge in [-0.3, -0.25) is 4.99 Å². The molecule has 0 unspecified atom stereocenters. The Kier molecular flexibility index (Phi) is 5.94. The molecule has 2 aliphatic rings. The Bertz CT molecular complexity index is 522. The van der Waals surface area contributed by atoms with Gasteiger partial charge in [0.25, 0.3) is 0 Å². The van der Waals surface area contributed by atoms with Gasteiger partial charge in [-0.1, -0.05) is 6.92 Å². The zero-order chi connectivity index (χ0) is 17.1. The number of sulfone groups is 1. The van der Waals surface area contributed by atoms with Gasteiger partial charge in [-0.25, -0.2) is 8.42 Å². The van der Waals surface area contributed by atoms with E-state index in [4.69, 9.17) is 0 Å². The van der Waals surface area contributed by atoms with Crippen molar-refractivity contribution < 1.29 is 8.42 Å². The van der Waals surface area contributed by atoms with Crippen molar-refractivity contribution in [3.63, 3.8) is 0 Å². The highest BCUT2D eigenvalue weighted by Gasteiger charge is 2.40. The molecule has 7 heteroatoms. The molecule has 0 aromatic heterocycles. The monoisotopic (exact) mass is 344 g/mol. The molecular formula is C16H32N4O2S. The van der Waals surface area contributed by atoms with Gasteiger partial charge in [0.2, 0.25) is 0 Å². The molecule has 1 N–H and O–H groups in total. The highest BCUT2D eigenvalue weighted by atomic mass is 32.2. The second-order valence-electron chi connectivity index (χ2n) is 7.50. The third-order valence-electron chi connectivity index (χ3n) is 5.14. The first-order valence-electron chi connectivity index (χ1n) is 8.65. The van der Waals surface area contributed by atoms with Crippen molar-refractivity contribution in [3.8, 4) is 0 Å². The maximum atomic E-state index is 12.1. The molecule has 0 aliphatic carbocycles. The fourth-order valence-corrected chi connectivity index (χ4v) is 4.63. The topological polar surface area (TPSA) is 65.0 Å². The Morgan fingerprint density at radius 2 is 1.91 bits per heavy atom. The molecule has 0 amide bonds. The van der Waals surface area contributed by atoms with Crippen molar-refractivity contribution in [2.75, 3.05) is 52.1 Å². The smallest absolute Gasteiger partial charge is 0.193 e. The van der Waals surface area contributed by atoms with Gasteiger partial charge >= 0.3 is 0 Å². The zero-order valence-electron chi connectivity index (χ0n) is 15.0. The van der Waals surface area contributed by atoms with Gasteiger partial charge in [0, 0.05) is 33.2 Å². The van der Waals surface area contributed by atoms with Gasteiger partial charge in [-0.15, -0.1) is 0 Å². The second-order valence-corrected chi connectivity index (χ2v) is 10.2. The molecule has 0 aromatic carbocycles. The summed E-state index contributed by atoms with van der Waals surface area (Å²) in [5, 5.41) is 3.40. The van der Waals surface area contributed by atoms with E-state index in [-0.39, 0.29) is 5.75 Å². The van der Waals surface area contributed by atoms with Crippen molar-refractivity contribution in [1.82, 2.24) is 15.1 Å². The number of aliphatic imine (C=N–C) groups is 1. The largest absolute Gasteiger partial charge is 0.355 e. The molecule has 0 atom stereocenters. The summed E-state index contributed by atoms with van der Waals surface area (Å²) in [7, 11) is -1.25. The second kappa shape index (κ2) is 7.38. The van der Waals surface area contributed by atoms with Crippen LogP contribution in [-0.2, 0) is 9.84 Å². The average Bonchev–Trinajstić information content (AvgIpc) is 2.49. The van der Waals surface area contributed by atoms with E-state index in [2.05, 4.69) is 27.0 Å². The lowest BCUT2D eigenvalue weighted by Gasteiger charge is -2.39. The Balaban J connectivity index is 1.82. The Morgan fingerprint density at radius 1 is 1.26 bits per heavy atom. The Morgan fingerprint density at radius 3 is 2.48 bits per heavy atom. The van der Waals surface area contributed by atoms with E-state index in [0.717, 1.165) is 25.0 Å². The fraction of sp³-hybridized carbons (Fsp3) is 0.938. The third kappa shape index (κ3) is 4.59. The molecule has 2 heterocycles. The van der Waals surface area contributed by atoms with Crippen LogP contribution in [0.1, 0.15) is 33.6 Å². The zero-order valence-corrected chi connectivity index (χ0v) is 15.8. The van der Waals surface area contributed by atoms with Crippen LogP contribution < -0.4 is 5.32 Å². The minimum atomic E-state index is -3.01. The summed E-state index contributed by atoms with van der Waals surface area (Å²) in [4.78, 5) is 8.90. The van der Waals surface area contributed by atoms with Gasteiger partial charge in [0.05, 0.1) is 10.5 Å². The number of hydrogen-bond acceptors (Lipinski definition) is 4. The van der Waals surface area contributed by atoms with Crippen molar-refractivity contribution in [2.24, 2.45) is 10.9 Å². The SMILES string of the molecule is CN=C(NCCN1CCC(C)CC1)N1CCS(=O)(=O)C(C)(C)C1. The molecule has 0 bridgehead atoms. The number of guanidine groups is 1. The summed E-state index contributed by atoms with van der Waals surface area (Å²) in [6.07, 6.45) is 2.57. The van der Waals surface area contributed by atoms with E-state index in [1.807, 2.05) is 0 Å². The van der Waals surface area contributed by atoms with E-state index >= 15 is 0 Å². The van der Waals surface area contributed by atoms with Gasteiger partial charge < -0.3 is 15.1 Å². The molecule has 0 aromatic rings. The maximum absolute atomic E-state index is 12.1. The fourth-order valence-electron chi connectivity index (χ4n) is 3.27. The van der Waals surface area contributed by atoms with Crippen molar-refractivity contribution in [2.45, 2.75) is 38.4 Å². The van der Waals surface area contributed by atoms with Crippen LogP contribution in [0.5, 0.6) is 0 Å². The summed E-state index contributed by atoms with van der Waals surface area (Å²) >= 11 is 0. The van der Waals surface area contributed by atoms with Gasteiger partial charge in [-0.2, -0.15) is 0 Å². The van der Waals surface area contributed by atoms with Gasteiger partial charge in [0.15, 0.2) is 15.8 Å². The van der Waals surface area contributed by atoms with Gasteiger partial charge in [0.1, 0.15) is 0 Å². The quantitative estimate of drug-likeness (QED) is 0.606. The molecule has 0 spiro atoms. The highest BCUT2D eigenvalue weighted by molar-refractivity contribution is 7.92. The average molecular weight is 345 g/mol. The van der Waals surface area contributed by atoms with Crippen LogP contribution in [0.25, 0.3) is 0 Å². The molecule has 2 fully saturated rings. The van der Waals surface area contributed by atoms with Crippen molar-refractivity contribution in [1.29, 1.82) is 0 Å². The van der Waals surface area contributed by atoms with Crippen molar-refractivity contribution in [3.05, 3.63) is 0 Å². The molecule has 0 radical (unpaired) electrons. The predicted octanol–water partition coefficient (Wildman–Crippen LogP) is 0.803. The molecule has 134 valence electrons. The normalized spacial score (nSPS) is 26.3. The predicted molar refractivity (Wildman–Crippen MR) is 95.6 cm³/mol. The number of likely N-dealkylation sites (tertiary alicyclic amines) is 1. The first-order valence-corrected chi connectivity index (χ1v) is 10.3. The van der Waals surface area contributed by atoms with Crippen molar-refractivity contribution >= 4 is 15.8 Å². The van der Waals surface area contributed by atoms with Crippen LogP contribution in [0.2, 0.25) is 0 Å². The highest BCUT2D eigenvalue weighted by Crippen LogP contribution is 2.23. The lowest BCUT2D eigenvalue weighted by molar-refractivity contribution is 0.194. The summed E-state index contributed by atoms with van der Waals surface area (Å²) in [6.45, 7) is 11.2. The number of nitrogens with zero attached hydrogens (tertiary/aromatic N) is 3.